The molecular weight excluding hydrogens is 459 g/mol. The summed E-state index contributed by atoms with van der Waals surface area (Å²) in [7, 11) is 2.08. The molecule has 1 aliphatic heterocycles. The van der Waals surface area contributed by atoms with Crippen LogP contribution in [-0.4, -0.2) is 59.7 Å². The number of hydrazine groups is 1. The summed E-state index contributed by atoms with van der Waals surface area (Å²) in [6, 6.07) is 1.14. The van der Waals surface area contributed by atoms with Crippen molar-refractivity contribution in [2.45, 2.75) is 38.3 Å². The second-order valence-electron chi connectivity index (χ2n) is 8.71. The molecule has 0 unspecified atom stereocenters. The zero-order valence-electron chi connectivity index (χ0n) is 18.3. The molecule has 0 bridgehead atoms. The molecule has 180 valence electrons. The molecule has 0 atom stereocenters. The maximum Gasteiger partial charge on any atom is 0.416 e. The molecular formula is C21H26F3N5O3S. The Morgan fingerprint density at radius 2 is 1.85 bits per heavy atom. The van der Waals surface area contributed by atoms with E-state index in [9.17, 15) is 28.1 Å². The van der Waals surface area contributed by atoms with Crippen LogP contribution in [-0.2, 0) is 6.18 Å². The van der Waals surface area contributed by atoms with E-state index in [1.807, 2.05) is 4.90 Å². The first kappa shape index (κ1) is 23.8. The fourth-order valence-corrected chi connectivity index (χ4v) is 5.78. The lowest BCUT2D eigenvalue weighted by Gasteiger charge is -2.41. The van der Waals surface area contributed by atoms with E-state index in [-0.39, 0.29) is 10.1 Å². The lowest BCUT2D eigenvalue weighted by Crippen LogP contribution is -2.53. The van der Waals surface area contributed by atoms with E-state index < -0.39 is 27.9 Å². The molecule has 0 radical (unpaired) electrons. The summed E-state index contributed by atoms with van der Waals surface area (Å²) < 4.78 is 39.4. The van der Waals surface area contributed by atoms with Crippen molar-refractivity contribution in [3.8, 4) is 0 Å². The fraction of sp³-hybridized carbons (Fsp3) is 0.619. The lowest BCUT2D eigenvalue weighted by atomic mass is 9.89. The second-order valence-corrected chi connectivity index (χ2v) is 9.69. The summed E-state index contributed by atoms with van der Waals surface area (Å²) >= 11 is 0.894. The number of anilines is 1. The number of hydrogen-bond acceptors (Lipinski definition) is 8. The molecule has 33 heavy (non-hydrogen) atoms. The van der Waals surface area contributed by atoms with Gasteiger partial charge in [0.1, 0.15) is 4.70 Å². The van der Waals surface area contributed by atoms with Gasteiger partial charge in [0, 0.05) is 45.8 Å². The van der Waals surface area contributed by atoms with Crippen LogP contribution in [0.3, 0.4) is 0 Å². The Balaban J connectivity index is 1.53. The first-order valence-corrected chi connectivity index (χ1v) is 11.9. The number of hydrogen-bond donors (Lipinski definition) is 0. The largest absolute Gasteiger partial charge is 0.416 e. The van der Waals surface area contributed by atoms with Crippen LogP contribution in [0.25, 0.3) is 10.1 Å². The Kier molecular flexibility index (Phi) is 6.87. The standard InChI is InChI=1S/C21H26F3N5O3S/c1-26(13-14-5-3-2-4-6-14)28-9-7-27(8-10-28)20-25-19(30)16-11-15(21(22,23)24)12-17(29(31)32)18(16)33-20/h11-12,14H,2-10,13H2,1H3. The maximum absolute atomic E-state index is 13.2. The average Bonchev–Trinajstić information content (AvgIpc) is 2.78. The van der Waals surface area contributed by atoms with Crippen LogP contribution in [0, 0.1) is 16.0 Å². The van der Waals surface area contributed by atoms with Crippen LogP contribution < -0.4 is 10.5 Å². The SMILES string of the molecule is CN(CC1CCCCC1)N1CCN(c2nc(=O)c3cc(C(F)(F)F)cc([N+](=O)[O-])c3s2)CC1. The van der Waals surface area contributed by atoms with Crippen molar-refractivity contribution in [3.63, 3.8) is 0 Å². The van der Waals surface area contributed by atoms with E-state index in [1.54, 1.807) is 0 Å². The lowest BCUT2D eigenvalue weighted by molar-refractivity contribution is -0.383. The highest BCUT2D eigenvalue weighted by atomic mass is 32.1. The number of nitrogens with zero attached hydrogens (tertiary/aromatic N) is 5. The molecule has 1 aromatic carbocycles. The summed E-state index contributed by atoms with van der Waals surface area (Å²) in [4.78, 5) is 29.0. The molecule has 0 N–H and O–H groups in total. The summed E-state index contributed by atoms with van der Waals surface area (Å²) in [6.45, 7) is 3.56. The zero-order valence-corrected chi connectivity index (χ0v) is 19.1. The van der Waals surface area contributed by atoms with E-state index in [4.69, 9.17) is 0 Å². The van der Waals surface area contributed by atoms with Crippen molar-refractivity contribution >= 4 is 32.2 Å². The molecule has 0 spiro atoms. The number of halogens is 3. The molecule has 1 aliphatic carbocycles. The van der Waals surface area contributed by atoms with Gasteiger partial charge in [-0.15, -0.1) is 0 Å². The first-order valence-electron chi connectivity index (χ1n) is 11.0. The predicted octanol–water partition coefficient (Wildman–Crippen LogP) is 4.13. The van der Waals surface area contributed by atoms with Crippen molar-refractivity contribution in [1.29, 1.82) is 0 Å². The van der Waals surface area contributed by atoms with Gasteiger partial charge in [0.15, 0.2) is 5.13 Å². The van der Waals surface area contributed by atoms with Gasteiger partial charge in [-0.05, 0) is 24.8 Å². The molecule has 8 nitrogen and oxygen atoms in total. The van der Waals surface area contributed by atoms with Gasteiger partial charge in [-0.1, -0.05) is 30.6 Å². The van der Waals surface area contributed by atoms with E-state index in [0.29, 0.717) is 49.4 Å². The molecule has 2 fully saturated rings. The highest BCUT2D eigenvalue weighted by molar-refractivity contribution is 7.22. The van der Waals surface area contributed by atoms with Gasteiger partial charge in [0.25, 0.3) is 11.2 Å². The number of fused-ring (bicyclic) bond motifs is 1. The van der Waals surface area contributed by atoms with Gasteiger partial charge in [0.2, 0.25) is 0 Å². The topological polar surface area (TPSA) is 82.8 Å². The van der Waals surface area contributed by atoms with Crippen LogP contribution in [0.1, 0.15) is 37.7 Å². The zero-order chi connectivity index (χ0) is 23.8. The predicted molar refractivity (Wildman–Crippen MR) is 121 cm³/mol. The Morgan fingerprint density at radius 1 is 1.18 bits per heavy atom. The van der Waals surface area contributed by atoms with E-state index in [2.05, 4.69) is 22.0 Å². The minimum atomic E-state index is -4.80. The number of nitro benzene ring substituents is 1. The number of benzene rings is 1. The smallest absolute Gasteiger partial charge is 0.345 e. The first-order chi connectivity index (χ1) is 15.6. The van der Waals surface area contributed by atoms with Gasteiger partial charge < -0.3 is 4.90 Å². The molecule has 0 amide bonds. The van der Waals surface area contributed by atoms with Crippen LogP contribution in [0.5, 0.6) is 0 Å². The molecule has 1 aromatic heterocycles. The Morgan fingerprint density at radius 3 is 2.45 bits per heavy atom. The van der Waals surface area contributed by atoms with Crippen LogP contribution in [0.2, 0.25) is 0 Å². The maximum atomic E-state index is 13.2. The molecule has 2 heterocycles. The molecule has 1 saturated carbocycles. The van der Waals surface area contributed by atoms with Gasteiger partial charge in [0.05, 0.1) is 15.9 Å². The number of nitro groups is 1. The van der Waals surface area contributed by atoms with E-state index in [1.165, 1.54) is 32.1 Å². The van der Waals surface area contributed by atoms with E-state index >= 15 is 0 Å². The highest BCUT2D eigenvalue weighted by Gasteiger charge is 2.34. The molecule has 2 aromatic rings. The minimum absolute atomic E-state index is 0.0835. The van der Waals surface area contributed by atoms with Crippen molar-refractivity contribution < 1.29 is 18.1 Å². The normalized spacial score (nSPS) is 18.9. The van der Waals surface area contributed by atoms with Gasteiger partial charge in [-0.3, -0.25) is 14.9 Å². The Hall–Kier alpha value is -2.31. The van der Waals surface area contributed by atoms with Crippen LogP contribution in [0.15, 0.2) is 16.9 Å². The van der Waals surface area contributed by atoms with Gasteiger partial charge in [-0.25, -0.2) is 10.0 Å². The quantitative estimate of drug-likeness (QED) is 0.465. The monoisotopic (exact) mass is 485 g/mol. The molecule has 12 heteroatoms. The number of alkyl halides is 3. The third-order valence-corrected chi connectivity index (χ3v) is 7.64. The Bertz CT molecular complexity index is 1080. The molecule has 2 aliphatic rings. The number of non-ortho nitro benzene ring substituents is 1. The third kappa shape index (κ3) is 5.28. The summed E-state index contributed by atoms with van der Waals surface area (Å²) in [5.41, 5.74) is -2.84. The summed E-state index contributed by atoms with van der Waals surface area (Å²) in [6.07, 6.45) is 1.61. The van der Waals surface area contributed by atoms with Crippen molar-refractivity contribution in [1.82, 2.24) is 15.0 Å². The average molecular weight is 486 g/mol. The number of aromatic nitrogens is 1. The summed E-state index contributed by atoms with van der Waals surface area (Å²) in [5, 5.41) is 15.9. The molecule has 4 rings (SSSR count). The molecule has 1 saturated heterocycles. The number of rotatable bonds is 5. The van der Waals surface area contributed by atoms with Crippen LogP contribution >= 0.6 is 11.3 Å². The van der Waals surface area contributed by atoms with Crippen LogP contribution in [0.4, 0.5) is 24.0 Å². The van der Waals surface area contributed by atoms with Gasteiger partial charge in [-0.2, -0.15) is 18.2 Å². The third-order valence-electron chi connectivity index (χ3n) is 6.47. The minimum Gasteiger partial charge on any atom is -0.345 e. The fourth-order valence-electron chi connectivity index (χ4n) is 4.66. The number of piperazine rings is 1. The van der Waals surface area contributed by atoms with Gasteiger partial charge >= 0.3 is 6.18 Å². The van der Waals surface area contributed by atoms with Crippen molar-refractivity contribution in [3.05, 3.63) is 38.2 Å². The van der Waals surface area contributed by atoms with Crippen molar-refractivity contribution in [2.75, 3.05) is 44.7 Å². The second kappa shape index (κ2) is 9.51. The highest BCUT2D eigenvalue weighted by Crippen LogP contribution is 2.38. The van der Waals surface area contributed by atoms with E-state index in [0.717, 1.165) is 17.9 Å². The van der Waals surface area contributed by atoms with Crippen molar-refractivity contribution in [2.24, 2.45) is 5.92 Å². The Labute approximate surface area is 192 Å². The summed E-state index contributed by atoms with van der Waals surface area (Å²) in [5.74, 6) is 0.705.